The van der Waals surface area contributed by atoms with E-state index in [-0.39, 0.29) is 16.7 Å². The molecule has 0 radical (unpaired) electrons. The number of fused-ring (bicyclic) bond motifs is 5. The highest BCUT2D eigenvalue weighted by Crippen LogP contribution is 2.68. The van der Waals surface area contributed by atoms with Gasteiger partial charge < -0.3 is 60.0 Å². The van der Waals surface area contributed by atoms with Gasteiger partial charge in [-0.2, -0.15) is 0 Å². The Morgan fingerprint density at radius 2 is 1.44 bits per heavy atom. The number of hydrogen-bond donors (Lipinski definition) is 8. The van der Waals surface area contributed by atoms with Crippen LogP contribution in [0.4, 0.5) is 0 Å². The molecule has 52 heavy (non-hydrogen) atoms. The molecule has 0 amide bonds. The van der Waals surface area contributed by atoms with Crippen LogP contribution in [0.1, 0.15) is 91.9 Å². The number of ketones is 1. The monoisotopic (exact) mass is 739 g/mol. The van der Waals surface area contributed by atoms with Gasteiger partial charge in [0.05, 0.1) is 19.3 Å². The molecule has 21 atom stereocenters. The number of carbonyl (C=O) groups excluding carboxylic acids is 1. The Labute approximate surface area is 307 Å². The largest absolute Gasteiger partial charge is 0.394 e. The van der Waals surface area contributed by atoms with E-state index in [0.29, 0.717) is 60.7 Å². The zero-order valence-corrected chi connectivity index (χ0v) is 31.3. The van der Waals surface area contributed by atoms with E-state index >= 15 is 0 Å². The lowest BCUT2D eigenvalue weighted by atomic mass is 9.44. The molecule has 7 aliphatic rings. The molecule has 8 N–H and O–H groups in total. The van der Waals surface area contributed by atoms with Gasteiger partial charge in [0, 0.05) is 18.4 Å². The van der Waals surface area contributed by atoms with Crippen molar-refractivity contribution in [2.75, 3.05) is 19.8 Å². The second kappa shape index (κ2) is 15.3. The summed E-state index contributed by atoms with van der Waals surface area (Å²) in [5.74, 6) is 3.66. The molecule has 0 aromatic rings. The number of nitrogens with one attached hydrogen (secondary N) is 1. The fourth-order valence-corrected chi connectivity index (χ4v) is 12.6. The number of ether oxygens (including phenoxy) is 4. The molecule has 7 fully saturated rings. The zero-order valence-electron chi connectivity index (χ0n) is 31.3. The van der Waals surface area contributed by atoms with Gasteiger partial charge >= 0.3 is 0 Å². The normalized spacial score (nSPS) is 54.6. The number of piperidine rings is 1. The summed E-state index contributed by atoms with van der Waals surface area (Å²) in [5, 5.41) is 76.6. The highest BCUT2D eigenvalue weighted by Gasteiger charge is 2.63. The van der Waals surface area contributed by atoms with Crippen LogP contribution in [-0.4, -0.2) is 135 Å². The maximum absolute atomic E-state index is 14.2. The molecule has 7 rings (SSSR count). The van der Waals surface area contributed by atoms with Gasteiger partial charge in [-0.05, 0) is 111 Å². The predicted octanol–water partition coefficient (Wildman–Crippen LogP) is 0.858. The number of carbonyl (C=O) groups is 1. The van der Waals surface area contributed by atoms with E-state index < -0.39 is 80.7 Å². The van der Waals surface area contributed by atoms with E-state index in [0.717, 1.165) is 25.3 Å². The minimum Gasteiger partial charge on any atom is -0.394 e. The first-order chi connectivity index (χ1) is 24.7. The second-order valence-corrected chi connectivity index (χ2v) is 18.4. The molecule has 0 bridgehead atoms. The van der Waals surface area contributed by atoms with Crippen LogP contribution in [0.3, 0.4) is 0 Å². The van der Waals surface area contributed by atoms with Gasteiger partial charge in [0.15, 0.2) is 12.6 Å². The van der Waals surface area contributed by atoms with Gasteiger partial charge in [0.1, 0.15) is 54.6 Å². The van der Waals surface area contributed by atoms with Crippen LogP contribution in [0.15, 0.2) is 0 Å². The number of Topliss-reactive ketones (excluding diaryl/α,β-unsaturated/α-hetero) is 1. The Bertz CT molecular complexity index is 1250. The van der Waals surface area contributed by atoms with Crippen molar-refractivity contribution in [2.45, 2.75) is 165 Å². The van der Waals surface area contributed by atoms with Gasteiger partial charge in [-0.25, -0.2) is 0 Å². The average Bonchev–Trinajstić information content (AvgIpc) is 3.49. The summed E-state index contributed by atoms with van der Waals surface area (Å²) >= 11 is 0. The molecule has 13 heteroatoms. The van der Waals surface area contributed by atoms with Crippen LogP contribution < -0.4 is 5.32 Å². The van der Waals surface area contributed by atoms with E-state index in [1.54, 1.807) is 0 Å². The summed E-state index contributed by atoms with van der Waals surface area (Å²) in [6, 6.07) is 0.584. The molecule has 4 aliphatic carbocycles. The van der Waals surface area contributed by atoms with Crippen molar-refractivity contribution in [3.8, 4) is 0 Å². The molecule has 0 spiro atoms. The average molecular weight is 740 g/mol. The van der Waals surface area contributed by atoms with Crippen LogP contribution in [0.25, 0.3) is 0 Å². The van der Waals surface area contributed by atoms with Crippen LogP contribution >= 0.6 is 0 Å². The van der Waals surface area contributed by atoms with Crippen molar-refractivity contribution >= 4 is 5.78 Å². The van der Waals surface area contributed by atoms with Crippen molar-refractivity contribution in [1.82, 2.24) is 5.32 Å². The topological polar surface area (TPSA) is 208 Å². The van der Waals surface area contributed by atoms with Crippen molar-refractivity contribution in [3.63, 3.8) is 0 Å². The first-order valence-electron chi connectivity index (χ1n) is 20.2. The third kappa shape index (κ3) is 6.74. The van der Waals surface area contributed by atoms with Crippen molar-refractivity contribution in [2.24, 2.45) is 52.3 Å². The van der Waals surface area contributed by atoms with E-state index in [1.165, 1.54) is 32.1 Å². The molecule has 3 heterocycles. The Hall–Kier alpha value is -0.810. The lowest BCUT2D eigenvalue weighted by Crippen LogP contribution is -2.65. The van der Waals surface area contributed by atoms with E-state index in [2.05, 4.69) is 33.0 Å². The predicted molar refractivity (Wildman–Crippen MR) is 186 cm³/mol. The maximum Gasteiger partial charge on any atom is 0.187 e. The summed E-state index contributed by atoms with van der Waals surface area (Å²) < 4.78 is 23.3. The molecular weight excluding hydrogens is 674 g/mol. The SMILES string of the molecule is CC1CCC(C(C)C2CCC3C4CC(=O)C5CC(O[C@@H]6O[C@H](CO)[C@H](O[C@@H]7O[C@H](CO)[C@@H](O)[C@@H](O)[C@H]7O)[C@@H](O)[C@H]6O)CCC5(C)C4CCC23C)NC1. The van der Waals surface area contributed by atoms with E-state index in [4.69, 9.17) is 18.9 Å². The first-order valence-corrected chi connectivity index (χ1v) is 20.2. The van der Waals surface area contributed by atoms with Crippen LogP contribution in [0.2, 0.25) is 0 Å². The number of aliphatic hydroxyl groups is 7. The van der Waals surface area contributed by atoms with Crippen LogP contribution in [0.5, 0.6) is 0 Å². The lowest BCUT2D eigenvalue weighted by Gasteiger charge is -2.61. The van der Waals surface area contributed by atoms with Gasteiger partial charge in [0.2, 0.25) is 0 Å². The summed E-state index contributed by atoms with van der Waals surface area (Å²) in [7, 11) is 0. The lowest BCUT2D eigenvalue weighted by molar-refractivity contribution is -0.364. The van der Waals surface area contributed by atoms with E-state index in [1.807, 2.05) is 0 Å². The van der Waals surface area contributed by atoms with Crippen LogP contribution in [0, 0.1) is 52.3 Å². The van der Waals surface area contributed by atoms with Gasteiger partial charge in [-0.3, -0.25) is 4.79 Å². The molecular formula is C39H65NO12. The Balaban J connectivity index is 0.981. The van der Waals surface area contributed by atoms with Gasteiger partial charge in [0.25, 0.3) is 0 Å². The van der Waals surface area contributed by atoms with E-state index in [9.17, 15) is 40.5 Å². The quantitative estimate of drug-likeness (QED) is 0.163. The van der Waals surface area contributed by atoms with Gasteiger partial charge in [-0.15, -0.1) is 0 Å². The molecule has 3 aliphatic heterocycles. The molecule has 4 saturated carbocycles. The second-order valence-electron chi connectivity index (χ2n) is 18.4. The number of rotatable bonds is 8. The van der Waals surface area contributed by atoms with Crippen molar-refractivity contribution in [1.29, 1.82) is 0 Å². The molecule has 13 nitrogen and oxygen atoms in total. The minimum absolute atomic E-state index is 0.129. The van der Waals surface area contributed by atoms with Crippen molar-refractivity contribution in [3.05, 3.63) is 0 Å². The third-order valence-corrected chi connectivity index (χ3v) is 15.7. The summed E-state index contributed by atoms with van der Waals surface area (Å²) in [6.45, 7) is 9.49. The van der Waals surface area contributed by atoms with Gasteiger partial charge in [-0.1, -0.05) is 27.7 Å². The fourth-order valence-electron chi connectivity index (χ4n) is 12.6. The number of aliphatic hydroxyl groups excluding tert-OH is 7. The Kier molecular flexibility index (Phi) is 11.6. The summed E-state index contributed by atoms with van der Waals surface area (Å²) in [6.07, 6.45) is -5.43. The highest BCUT2D eigenvalue weighted by molar-refractivity contribution is 5.83. The minimum atomic E-state index is -1.74. The fraction of sp³-hybridized carbons (Fsp3) is 0.974. The number of hydrogen-bond acceptors (Lipinski definition) is 13. The molecule has 298 valence electrons. The highest BCUT2D eigenvalue weighted by atomic mass is 16.7. The zero-order chi connectivity index (χ0) is 37.3. The summed E-state index contributed by atoms with van der Waals surface area (Å²) in [5.41, 5.74) is 0.132. The summed E-state index contributed by atoms with van der Waals surface area (Å²) in [4.78, 5) is 14.2. The third-order valence-electron chi connectivity index (χ3n) is 15.7. The maximum atomic E-state index is 14.2. The molecule has 0 aromatic heterocycles. The molecule has 11 unspecified atom stereocenters. The smallest absolute Gasteiger partial charge is 0.187 e. The molecule has 0 aromatic carbocycles. The van der Waals surface area contributed by atoms with Crippen molar-refractivity contribution < 1.29 is 59.5 Å². The Morgan fingerprint density at radius 1 is 0.788 bits per heavy atom. The van der Waals surface area contributed by atoms with Crippen LogP contribution in [-0.2, 0) is 23.7 Å². The first kappa shape index (κ1) is 39.4. The standard InChI is InChI=1S/C39H65NO12/c1-18-5-8-26(40-15-18)19(2)22-6-7-23-21-14-27(43)25-13-20(9-11-39(25,4)24(21)10-12-38(22,23)3)49-36-34(48)32(46)35(29(17-42)51-36)52-37-33(47)31(45)30(44)28(16-41)50-37/h18-26,28-37,40-42,44-48H,5-17H2,1-4H3/t18?,19?,20?,21?,22?,23?,24?,25?,26?,28-,29-,30-,31-,32+,33-,34-,35+,36-,37+,38?,39?/m1/s1. The molecule has 3 saturated heterocycles. The Morgan fingerprint density at radius 3 is 2.13 bits per heavy atom.